The van der Waals surface area contributed by atoms with Crippen LogP contribution < -0.4 is 4.74 Å². The summed E-state index contributed by atoms with van der Waals surface area (Å²) in [5.41, 5.74) is 15.6. The van der Waals surface area contributed by atoms with Gasteiger partial charge in [-0.1, -0.05) is 97.1 Å². The van der Waals surface area contributed by atoms with Crippen molar-refractivity contribution in [3.63, 3.8) is 0 Å². The lowest BCUT2D eigenvalue weighted by atomic mass is 9.66. The molecule has 0 saturated carbocycles. The number of hydrogen-bond acceptors (Lipinski definition) is 4. The predicted molar refractivity (Wildman–Crippen MR) is 267 cm³/mol. The molecule has 7 heteroatoms. The van der Waals surface area contributed by atoms with E-state index in [-0.39, 0.29) is 0 Å². The summed E-state index contributed by atoms with van der Waals surface area (Å²) in [6.45, 7) is 0. The van der Waals surface area contributed by atoms with E-state index in [1.165, 1.54) is 32.6 Å². The van der Waals surface area contributed by atoms with Crippen molar-refractivity contribution in [2.24, 2.45) is 0 Å². The monoisotopic (exact) mass is 854 g/mol. The van der Waals surface area contributed by atoms with Crippen molar-refractivity contribution in [2.75, 3.05) is 0 Å². The average molecular weight is 855 g/mol. The fourth-order valence-electron chi connectivity index (χ4n) is 11.8. The van der Waals surface area contributed by atoms with Crippen LogP contribution in [-0.4, -0.2) is 23.7 Å². The number of fused-ring (bicyclic) bond motifs is 18. The van der Waals surface area contributed by atoms with Crippen LogP contribution in [0.4, 0.5) is 0 Å². The van der Waals surface area contributed by atoms with Gasteiger partial charge in [0, 0.05) is 85.0 Å². The molecule has 1 aliphatic heterocycles. The number of nitriles is 1. The van der Waals surface area contributed by atoms with E-state index in [1.807, 2.05) is 36.7 Å². The van der Waals surface area contributed by atoms with Crippen LogP contribution in [0, 0.1) is 11.3 Å². The smallest absolute Gasteiger partial charge is 0.134 e. The highest BCUT2D eigenvalue weighted by Crippen LogP contribution is 2.61. The summed E-state index contributed by atoms with van der Waals surface area (Å²) >= 11 is 0. The predicted octanol–water partition coefficient (Wildman–Crippen LogP) is 14.1. The van der Waals surface area contributed by atoms with E-state index in [4.69, 9.17) is 14.7 Å². The Hall–Kier alpha value is -9.25. The molecule has 0 saturated heterocycles. The fraction of sp³-hybridized carbons (Fsp3) is 0.0167. The van der Waals surface area contributed by atoms with E-state index in [0.29, 0.717) is 5.56 Å². The molecule has 0 radical (unpaired) electrons. The van der Waals surface area contributed by atoms with Crippen LogP contribution >= 0.6 is 0 Å². The average Bonchev–Trinajstić information content (AvgIpc) is 4.10. The number of nitrogens with zero attached hydrogens (tertiary/aromatic N) is 6. The van der Waals surface area contributed by atoms with E-state index in [1.54, 1.807) is 0 Å². The Morgan fingerprint density at radius 1 is 0.373 bits per heavy atom. The maximum atomic E-state index is 9.86. The minimum atomic E-state index is -0.756. The lowest BCUT2D eigenvalue weighted by molar-refractivity contribution is 0.436. The number of pyridine rings is 2. The highest BCUT2D eigenvalue weighted by Gasteiger charge is 2.52. The molecule has 310 valence electrons. The lowest BCUT2D eigenvalue weighted by Crippen LogP contribution is -2.32. The van der Waals surface area contributed by atoms with E-state index >= 15 is 0 Å². The van der Waals surface area contributed by atoms with E-state index in [0.717, 1.165) is 95.0 Å². The Labute approximate surface area is 383 Å². The maximum Gasteiger partial charge on any atom is 0.134 e. The molecular weight excluding hydrogens is 821 g/mol. The Morgan fingerprint density at radius 3 is 1.27 bits per heavy atom. The zero-order valence-electron chi connectivity index (χ0n) is 35.7. The molecule has 67 heavy (non-hydrogen) atoms. The zero-order chi connectivity index (χ0) is 44.0. The van der Waals surface area contributed by atoms with Gasteiger partial charge in [-0.3, -0.25) is 9.97 Å². The van der Waals surface area contributed by atoms with Gasteiger partial charge >= 0.3 is 0 Å². The highest BCUT2D eigenvalue weighted by molar-refractivity contribution is 6.13. The van der Waals surface area contributed by atoms with Crippen LogP contribution in [-0.2, 0) is 5.41 Å². The van der Waals surface area contributed by atoms with Crippen molar-refractivity contribution < 1.29 is 4.74 Å². The number of aromatic nitrogens is 5. The third-order valence-electron chi connectivity index (χ3n) is 14.4. The van der Waals surface area contributed by atoms with Crippen molar-refractivity contribution in [2.45, 2.75) is 5.41 Å². The van der Waals surface area contributed by atoms with E-state index < -0.39 is 5.41 Å². The maximum absolute atomic E-state index is 9.86. The Morgan fingerprint density at radius 2 is 0.776 bits per heavy atom. The first-order valence-electron chi connectivity index (χ1n) is 22.5. The second-order valence-corrected chi connectivity index (χ2v) is 17.6. The molecule has 7 nitrogen and oxygen atoms in total. The normalized spacial score (nSPS) is 13.3. The molecular formula is C60H34N6O. The summed E-state index contributed by atoms with van der Waals surface area (Å²) in [5.74, 6) is 1.52. The molecule has 2 aliphatic rings. The number of ether oxygens (including phenoxy) is 1. The fourth-order valence-corrected chi connectivity index (χ4v) is 11.8. The van der Waals surface area contributed by atoms with Gasteiger partial charge in [0.25, 0.3) is 0 Å². The van der Waals surface area contributed by atoms with Crippen molar-refractivity contribution >= 4 is 65.4 Å². The highest BCUT2D eigenvalue weighted by atomic mass is 16.5. The van der Waals surface area contributed by atoms with Crippen molar-refractivity contribution in [1.29, 1.82) is 5.26 Å². The van der Waals surface area contributed by atoms with Crippen LogP contribution in [0.25, 0.3) is 93.9 Å². The van der Waals surface area contributed by atoms with Crippen LogP contribution in [0.1, 0.15) is 27.8 Å². The minimum Gasteiger partial charge on any atom is -0.457 e. The van der Waals surface area contributed by atoms with Gasteiger partial charge in [0.15, 0.2) is 0 Å². The van der Waals surface area contributed by atoms with Crippen LogP contribution in [0.3, 0.4) is 0 Å². The second-order valence-electron chi connectivity index (χ2n) is 17.6. The molecule has 0 bridgehead atoms. The van der Waals surface area contributed by atoms with Crippen molar-refractivity contribution in [3.8, 4) is 46.0 Å². The molecule has 1 spiro atoms. The Balaban J connectivity index is 0.966. The standard InChI is InChI=1S/C60H34N6O/c61-35-36-21-27-54-44(31-36)42-13-3-7-19-52(42)65(54)38-22-25-46-56(33-38)67-57-34-39(23-26-47(57)60(46)48-15-9-29-62-58(48)59-49(60)16-10-30-63-59)66-53-20-8-4-14-43(53)45-32-37(24-28-55(45)66)64-50-17-5-1-11-40(50)41-12-2-6-18-51(41)64/h1-34H. The third-order valence-corrected chi connectivity index (χ3v) is 14.4. The Kier molecular flexibility index (Phi) is 7.10. The molecule has 5 aromatic heterocycles. The van der Waals surface area contributed by atoms with E-state index in [2.05, 4.69) is 190 Å². The number of hydrogen-bond donors (Lipinski definition) is 0. The molecule has 0 N–H and O–H groups in total. The zero-order valence-corrected chi connectivity index (χ0v) is 35.7. The van der Waals surface area contributed by atoms with Crippen molar-refractivity contribution in [1.82, 2.24) is 23.7 Å². The van der Waals surface area contributed by atoms with Gasteiger partial charge in [-0.25, -0.2) is 0 Å². The van der Waals surface area contributed by atoms with Gasteiger partial charge in [-0.05, 0) is 96.1 Å². The molecule has 1 aliphatic carbocycles. The number of para-hydroxylation sites is 4. The summed E-state index contributed by atoms with van der Waals surface area (Å²) in [4.78, 5) is 9.97. The molecule has 13 aromatic rings. The van der Waals surface area contributed by atoms with Gasteiger partial charge in [0.1, 0.15) is 11.5 Å². The third kappa shape index (κ3) is 4.68. The van der Waals surface area contributed by atoms with Crippen LogP contribution in [0.15, 0.2) is 207 Å². The first-order valence-corrected chi connectivity index (χ1v) is 22.5. The number of rotatable bonds is 3. The summed E-state index contributed by atoms with van der Waals surface area (Å²) in [5, 5.41) is 16.8. The summed E-state index contributed by atoms with van der Waals surface area (Å²) < 4.78 is 14.3. The van der Waals surface area contributed by atoms with Crippen LogP contribution in [0.5, 0.6) is 11.5 Å². The van der Waals surface area contributed by atoms with Crippen LogP contribution in [0.2, 0.25) is 0 Å². The van der Waals surface area contributed by atoms with E-state index in [9.17, 15) is 5.26 Å². The van der Waals surface area contributed by atoms with Gasteiger partial charge < -0.3 is 18.4 Å². The topological polar surface area (TPSA) is 73.6 Å². The molecule has 0 amide bonds. The summed E-state index contributed by atoms with van der Waals surface area (Å²) in [6, 6.07) is 71.3. The first kappa shape index (κ1) is 36.1. The Bertz CT molecular complexity index is 4250. The second kappa shape index (κ2) is 13.2. The van der Waals surface area contributed by atoms with Crippen molar-refractivity contribution in [3.05, 3.63) is 234 Å². The molecule has 0 atom stereocenters. The summed E-state index contributed by atoms with van der Waals surface area (Å²) in [7, 11) is 0. The molecule has 0 unspecified atom stereocenters. The molecule has 8 aromatic carbocycles. The minimum absolute atomic E-state index is 0.631. The summed E-state index contributed by atoms with van der Waals surface area (Å²) in [6.07, 6.45) is 3.72. The van der Waals surface area contributed by atoms with Gasteiger partial charge in [0.05, 0.1) is 61.5 Å². The van der Waals surface area contributed by atoms with Gasteiger partial charge in [-0.2, -0.15) is 5.26 Å². The van der Waals surface area contributed by atoms with Gasteiger partial charge in [-0.15, -0.1) is 0 Å². The molecule has 0 fully saturated rings. The largest absolute Gasteiger partial charge is 0.457 e. The molecule has 6 heterocycles. The molecule has 15 rings (SSSR count). The lowest BCUT2D eigenvalue weighted by Gasteiger charge is -2.39. The SMILES string of the molecule is N#Cc1ccc2c(c1)c1ccccc1n2-c1ccc2c(c1)Oc1cc(-n3c4ccccc4c4cc(-n5c6ccccc6c6ccccc65)ccc43)ccc1C21c2cccnc2-c2ncccc21. The van der Waals surface area contributed by atoms with Gasteiger partial charge in [0.2, 0.25) is 0 Å². The number of benzene rings is 8. The quantitative estimate of drug-likeness (QED) is 0.177. The first-order chi connectivity index (χ1) is 33.2.